The van der Waals surface area contributed by atoms with Crippen molar-refractivity contribution in [3.63, 3.8) is 0 Å². The number of hydrogen-bond acceptors (Lipinski definition) is 5. The molecule has 27 heavy (non-hydrogen) atoms. The Labute approximate surface area is 160 Å². The second-order valence-corrected chi connectivity index (χ2v) is 7.80. The SMILES string of the molecule is CC(NC(=O)C(N)C(C)C)C(=O)NC(C(=O)NC(C(=O)O)C(C)C)C(C)C. The summed E-state index contributed by atoms with van der Waals surface area (Å²) in [5.74, 6) is -3.42. The van der Waals surface area contributed by atoms with Crippen LogP contribution in [0.3, 0.4) is 0 Å². The van der Waals surface area contributed by atoms with E-state index in [9.17, 15) is 24.3 Å². The van der Waals surface area contributed by atoms with Gasteiger partial charge in [0.1, 0.15) is 18.1 Å². The van der Waals surface area contributed by atoms with Crippen LogP contribution in [-0.4, -0.2) is 53.0 Å². The first-order chi connectivity index (χ1) is 12.3. The highest BCUT2D eigenvalue weighted by atomic mass is 16.4. The maximum absolute atomic E-state index is 12.5. The first kappa shape index (κ1) is 24.8. The van der Waals surface area contributed by atoms with E-state index in [-0.39, 0.29) is 17.8 Å². The first-order valence-corrected chi connectivity index (χ1v) is 9.19. The van der Waals surface area contributed by atoms with E-state index in [1.54, 1.807) is 41.5 Å². The van der Waals surface area contributed by atoms with Crippen molar-refractivity contribution in [3.8, 4) is 0 Å². The standard InChI is InChI=1S/C18H34N4O5/c1-8(2)12(19)16(24)20-11(7)15(23)21-13(9(3)4)17(25)22-14(10(5)6)18(26)27/h8-14H,19H2,1-7H3,(H,20,24)(H,21,23)(H,22,25)(H,26,27). The number of carbonyl (C=O) groups is 4. The third-order valence-corrected chi connectivity index (χ3v) is 4.25. The van der Waals surface area contributed by atoms with Crippen LogP contribution in [0.15, 0.2) is 0 Å². The zero-order chi connectivity index (χ0) is 21.5. The normalized spacial score (nSPS) is 15.8. The van der Waals surface area contributed by atoms with Gasteiger partial charge in [-0.05, 0) is 24.7 Å². The van der Waals surface area contributed by atoms with Crippen LogP contribution < -0.4 is 21.7 Å². The smallest absolute Gasteiger partial charge is 0.326 e. The second-order valence-electron chi connectivity index (χ2n) is 7.80. The van der Waals surface area contributed by atoms with Crippen LogP contribution in [0.1, 0.15) is 48.5 Å². The van der Waals surface area contributed by atoms with Crippen molar-refractivity contribution in [3.05, 3.63) is 0 Å². The Hall–Kier alpha value is -2.16. The maximum atomic E-state index is 12.5. The first-order valence-electron chi connectivity index (χ1n) is 9.19. The highest BCUT2D eigenvalue weighted by Crippen LogP contribution is 2.07. The summed E-state index contributed by atoms with van der Waals surface area (Å²) in [4.78, 5) is 48.1. The van der Waals surface area contributed by atoms with Gasteiger partial charge in [0.2, 0.25) is 17.7 Å². The molecule has 4 atom stereocenters. The molecule has 0 aliphatic carbocycles. The van der Waals surface area contributed by atoms with Crippen LogP contribution in [0.5, 0.6) is 0 Å². The molecule has 0 aromatic heterocycles. The van der Waals surface area contributed by atoms with Gasteiger partial charge < -0.3 is 26.8 Å². The van der Waals surface area contributed by atoms with E-state index in [0.717, 1.165) is 0 Å². The molecule has 0 rings (SSSR count). The summed E-state index contributed by atoms with van der Waals surface area (Å²) in [6.45, 7) is 11.9. The zero-order valence-corrected chi connectivity index (χ0v) is 17.2. The third kappa shape index (κ3) is 7.94. The van der Waals surface area contributed by atoms with Gasteiger partial charge in [-0.25, -0.2) is 4.79 Å². The summed E-state index contributed by atoms with van der Waals surface area (Å²) < 4.78 is 0. The number of carbonyl (C=O) groups excluding carboxylic acids is 3. The van der Waals surface area contributed by atoms with Crippen molar-refractivity contribution in [1.82, 2.24) is 16.0 Å². The van der Waals surface area contributed by atoms with E-state index in [0.29, 0.717) is 0 Å². The van der Waals surface area contributed by atoms with Crippen molar-refractivity contribution >= 4 is 23.7 Å². The quantitative estimate of drug-likeness (QED) is 0.352. The van der Waals surface area contributed by atoms with E-state index in [1.165, 1.54) is 6.92 Å². The number of rotatable bonds is 10. The molecule has 0 aliphatic rings. The molecule has 0 aliphatic heterocycles. The summed E-state index contributed by atoms with van der Waals surface area (Å²) in [7, 11) is 0. The predicted octanol–water partition coefficient (Wildman–Crippen LogP) is -0.159. The molecule has 0 heterocycles. The van der Waals surface area contributed by atoms with E-state index in [2.05, 4.69) is 16.0 Å². The molecule has 9 nitrogen and oxygen atoms in total. The number of carboxylic acid groups (broad SMARTS) is 1. The molecule has 0 fully saturated rings. The molecule has 0 aromatic rings. The lowest BCUT2D eigenvalue weighted by atomic mass is 10.00. The van der Waals surface area contributed by atoms with Crippen LogP contribution in [0.25, 0.3) is 0 Å². The average Bonchev–Trinajstić information content (AvgIpc) is 2.54. The predicted molar refractivity (Wildman–Crippen MR) is 102 cm³/mol. The molecular weight excluding hydrogens is 352 g/mol. The lowest BCUT2D eigenvalue weighted by molar-refractivity contribution is -0.143. The Morgan fingerprint density at radius 2 is 1.11 bits per heavy atom. The Morgan fingerprint density at radius 3 is 1.48 bits per heavy atom. The van der Waals surface area contributed by atoms with Crippen LogP contribution in [0.2, 0.25) is 0 Å². The number of nitrogens with one attached hydrogen (secondary N) is 3. The fraction of sp³-hybridized carbons (Fsp3) is 0.778. The van der Waals surface area contributed by atoms with Gasteiger partial charge >= 0.3 is 5.97 Å². The lowest BCUT2D eigenvalue weighted by Gasteiger charge is -2.27. The van der Waals surface area contributed by atoms with Gasteiger partial charge in [-0.15, -0.1) is 0 Å². The van der Waals surface area contributed by atoms with Gasteiger partial charge in [0.15, 0.2) is 0 Å². The zero-order valence-electron chi connectivity index (χ0n) is 17.2. The van der Waals surface area contributed by atoms with Gasteiger partial charge in [-0.3, -0.25) is 14.4 Å². The Balaban J connectivity index is 5.03. The summed E-state index contributed by atoms with van der Waals surface area (Å²) >= 11 is 0. The van der Waals surface area contributed by atoms with Crippen molar-refractivity contribution in [2.75, 3.05) is 0 Å². The molecule has 3 amide bonds. The second kappa shape index (κ2) is 10.9. The van der Waals surface area contributed by atoms with Crippen molar-refractivity contribution < 1.29 is 24.3 Å². The fourth-order valence-electron chi connectivity index (χ4n) is 2.25. The van der Waals surface area contributed by atoms with E-state index in [1.807, 2.05) is 0 Å². The van der Waals surface area contributed by atoms with Gasteiger partial charge in [-0.1, -0.05) is 41.5 Å². The molecule has 0 spiro atoms. The molecule has 6 N–H and O–H groups in total. The molecule has 0 saturated heterocycles. The average molecular weight is 386 g/mol. The molecule has 156 valence electrons. The minimum atomic E-state index is -1.14. The van der Waals surface area contributed by atoms with Gasteiger partial charge in [0.05, 0.1) is 6.04 Å². The number of hydrogen-bond donors (Lipinski definition) is 5. The van der Waals surface area contributed by atoms with E-state index in [4.69, 9.17) is 5.73 Å². The van der Waals surface area contributed by atoms with Crippen molar-refractivity contribution in [1.29, 1.82) is 0 Å². The van der Waals surface area contributed by atoms with Crippen molar-refractivity contribution in [2.45, 2.75) is 72.6 Å². The molecule has 0 saturated carbocycles. The van der Waals surface area contributed by atoms with Gasteiger partial charge in [0.25, 0.3) is 0 Å². The molecule has 0 aromatic carbocycles. The maximum Gasteiger partial charge on any atom is 0.326 e. The third-order valence-electron chi connectivity index (χ3n) is 4.25. The number of nitrogens with two attached hydrogens (primary N) is 1. The summed E-state index contributed by atoms with van der Waals surface area (Å²) in [6.07, 6.45) is 0. The molecule has 0 radical (unpaired) electrons. The van der Waals surface area contributed by atoms with Crippen LogP contribution >= 0.6 is 0 Å². The number of carboxylic acids is 1. The minimum absolute atomic E-state index is 0.0848. The molecular formula is C18H34N4O5. The minimum Gasteiger partial charge on any atom is -0.480 e. The van der Waals surface area contributed by atoms with Crippen LogP contribution in [0.4, 0.5) is 0 Å². The topological polar surface area (TPSA) is 151 Å². The lowest BCUT2D eigenvalue weighted by Crippen LogP contribution is -2.58. The Morgan fingerprint density at radius 1 is 0.667 bits per heavy atom. The fourth-order valence-corrected chi connectivity index (χ4v) is 2.25. The van der Waals surface area contributed by atoms with E-state index < -0.39 is 47.9 Å². The summed E-state index contributed by atoms with van der Waals surface area (Å²) in [5, 5.41) is 16.8. The highest BCUT2D eigenvalue weighted by molar-refractivity contribution is 5.94. The number of amides is 3. The van der Waals surface area contributed by atoms with Crippen LogP contribution in [0, 0.1) is 17.8 Å². The Kier molecular flexibility index (Phi) is 9.99. The van der Waals surface area contributed by atoms with Crippen molar-refractivity contribution in [2.24, 2.45) is 23.5 Å². The van der Waals surface area contributed by atoms with Crippen LogP contribution in [-0.2, 0) is 19.2 Å². The summed E-state index contributed by atoms with van der Waals surface area (Å²) in [6, 6.07) is -3.63. The number of aliphatic carboxylic acids is 1. The monoisotopic (exact) mass is 386 g/mol. The summed E-state index contributed by atoms with van der Waals surface area (Å²) in [5.41, 5.74) is 5.75. The molecule has 4 unspecified atom stereocenters. The molecule has 9 heteroatoms. The van der Waals surface area contributed by atoms with E-state index >= 15 is 0 Å². The largest absolute Gasteiger partial charge is 0.480 e. The van der Waals surface area contributed by atoms with Gasteiger partial charge in [-0.2, -0.15) is 0 Å². The molecule has 0 bridgehead atoms. The van der Waals surface area contributed by atoms with Gasteiger partial charge in [0, 0.05) is 0 Å². The Bertz CT molecular complexity index is 548. The highest BCUT2D eigenvalue weighted by Gasteiger charge is 2.31.